The van der Waals surface area contributed by atoms with E-state index in [1.165, 1.54) is 29.3 Å². The second-order valence-electron chi connectivity index (χ2n) is 6.10. The van der Waals surface area contributed by atoms with Crippen LogP contribution in [0.1, 0.15) is 32.6 Å². The molecule has 1 heterocycles. The van der Waals surface area contributed by atoms with Gasteiger partial charge in [0.2, 0.25) is 10.0 Å². The lowest BCUT2D eigenvalue weighted by atomic mass is 10.2. The highest BCUT2D eigenvalue weighted by Gasteiger charge is 2.26. The molecule has 0 spiro atoms. The van der Waals surface area contributed by atoms with Crippen molar-refractivity contribution in [3.63, 3.8) is 0 Å². The molecule has 26 heavy (non-hydrogen) atoms. The summed E-state index contributed by atoms with van der Waals surface area (Å²) in [6, 6.07) is 4.61. The molecule has 1 fully saturated rings. The van der Waals surface area contributed by atoms with Crippen LogP contribution in [0, 0.1) is 0 Å². The number of anilines is 1. The molecule has 0 saturated carbocycles. The van der Waals surface area contributed by atoms with Gasteiger partial charge in [-0.3, -0.25) is 0 Å². The van der Waals surface area contributed by atoms with E-state index in [-0.39, 0.29) is 4.90 Å². The van der Waals surface area contributed by atoms with E-state index in [9.17, 15) is 8.42 Å². The van der Waals surface area contributed by atoms with E-state index in [1.54, 1.807) is 6.07 Å². The van der Waals surface area contributed by atoms with Crippen molar-refractivity contribution >= 4 is 44.6 Å². The molecular formula is C17H26ClN3O3S2. The Hall–Kier alpha value is -0.930. The molecule has 146 valence electrons. The van der Waals surface area contributed by atoms with Crippen LogP contribution < -0.4 is 10.6 Å². The van der Waals surface area contributed by atoms with Crippen LogP contribution in [0.15, 0.2) is 23.1 Å². The highest BCUT2D eigenvalue weighted by molar-refractivity contribution is 7.89. The Kier molecular flexibility index (Phi) is 8.56. The van der Waals surface area contributed by atoms with Crippen molar-refractivity contribution in [1.29, 1.82) is 0 Å². The van der Waals surface area contributed by atoms with Crippen LogP contribution in [-0.2, 0) is 14.8 Å². The Morgan fingerprint density at radius 1 is 1.27 bits per heavy atom. The van der Waals surface area contributed by atoms with Gasteiger partial charge in [0.1, 0.15) is 0 Å². The van der Waals surface area contributed by atoms with Gasteiger partial charge in [0.25, 0.3) is 0 Å². The predicted molar refractivity (Wildman–Crippen MR) is 109 cm³/mol. The van der Waals surface area contributed by atoms with Gasteiger partial charge in [-0.15, -0.1) is 0 Å². The lowest BCUT2D eigenvalue weighted by molar-refractivity contribution is 0.0730. The summed E-state index contributed by atoms with van der Waals surface area (Å²) in [5.74, 6) is 0. The number of rotatable bonds is 8. The van der Waals surface area contributed by atoms with Crippen molar-refractivity contribution < 1.29 is 13.2 Å². The zero-order valence-corrected chi connectivity index (χ0v) is 17.4. The number of unbranched alkanes of at least 4 members (excludes halogenated alkanes) is 3. The molecule has 1 aromatic rings. The van der Waals surface area contributed by atoms with E-state index in [2.05, 4.69) is 17.6 Å². The van der Waals surface area contributed by atoms with Crippen LogP contribution in [0.25, 0.3) is 0 Å². The van der Waals surface area contributed by atoms with E-state index in [0.29, 0.717) is 42.1 Å². The minimum Gasteiger partial charge on any atom is -0.379 e. The molecule has 0 unspecified atom stereocenters. The molecule has 0 atom stereocenters. The van der Waals surface area contributed by atoms with Gasteiger partial charge in [0, 0.05) is 19.6 Å². The molecule has 0 amide bonds. The van der Waals surface area contributed by atoms with E-state index < -0.39 is 10.0 Å². The summed E-state index contributed by atoms with van der Waals surface area (Å²) < 4.78 is 32.2. The second kappa shape index (κ2) is 10.4. The summed E-state index contributed by atoms with van der Waals surface area (Å²) in [7, 11) is -3.57. The van der Waals surface area contributed by atoms with Gasteiger partial charge in [0.05, 0.1) is 28.8 Å². The molecule has 1 saturated heterocycles. The van der Waals surface area contributed by atoms with Gasteiger partial charge >= 0.3 is 0 Å². The number of halogens is 1. The first-order valence-corrected chi connectivity index (χ1v) is 11.1. The van der Waals surface area contributed by atoms with E-state index in [1.807, 2.05) is 0 Å². The Morgan fingerprint density at radius 2 is 2.00 bits per heavy atom. The molecular weight excluding hydrogens is 394 g/mol. The molecule has 9 heteroatoms. The van der Waals surface area contributed by atoms with Gasteiger partial charge < -0.3 is 15.4 Å². The normalized spacial score (nSPS) is 15.6. The Balaban J connectivity index is 2.01. The fraction of sp³-hybridized carbons (Fsp3) is 0.588. The first-order chi connectivity index (χ1) is 12.4. The van der Waals surface area contributed by atoms with Gasteiger partial charge in [-0.05, 0) is 36.8 Å². The molecule has 0 radical (unpaired) electrons. The van der Waals surface area contributed by atoms with Crippen molar-refractivity contribution in [3.05, 3.63) is 23.2 Å². The molecule has 0 bridgehead atoms. The third-order valence-corrected chi connectivity index (χ3v) is 6.58. The Bertz CT molecular complexity index is 707. The molecule has 2 rings (SSSR count). The lowest BCUT2D eigenvalue weighted by Gasteiger charge is -2.26. The first kappa shape index (κ1) is 21.4. The smallest absolute Gasteiger partial charge is 0.243 e. The maximum Gasteiger partial charge on any atom is 0.243 e. The molecule has 1 aliphatic heterocycles. The number of hydrogen-bond donors (Lipinski definition) is 2. The SMILES string of the molecule is CCCCCCNC(=S)Nc1cc(S(=O)(=O)N2CCOCC2)ccc1Cl. The van der Waals surface area contributed by atoms with Crippen LogP contribution in [0.4, 0.5) is 5.69 Å². The van der Waals surface area contributed by atoms with E-state index in [4.69, 9.17) is 28.6 Å². The summed E-state index contributed by atoms with van der Waals surface area (Å²) in [4.78, 5) is 0.192. The number of hydrogen-bond acceptors (Lipinski definition) is 4. The van der Waals surface area contributed by atoms with Crippen LogP contribution >= 0.6 is 23.8 Å². The highest BCUT2D eigenvalue weighted by Crippen LogP contribution is 2.27. The van der Waals surface area contributed by atoms with Crippen molar-refractivity contribution in [2.45, 2.75) is 37.5 Å². The minimum absolute atomic E-state index is 0.192. The molecule has 2 N–H and O–H groups in total. The number of sulfonamides is 1. The number of benzene rings is 1. The maximum absolute atomic E-state index is 12.8. The second-order valence-corrected chi connectivity index (χ2v) is 8.85. The predicted octanol–water partition coefficient (Wildman–Crippen LogP) is 3.23. The standard InChI is InChI=1S/C17H26ClN3O3S2/c1-2-3-4-5-8-19-17(25)20-16-13-14(6-7-15(16)18)26(22,23)21-9-11-24-12-10-21/h6-7,13H,2-5,8-12H2,1H3,(H2,19,20,25). The monoisotopic (exact) mass is 419 g/mol. The molecule has 0 aliphatic carbocycles. The number of ether oxygens (including phenoxy) is 1. The maximum atomic E-state index is 12.8. The fourth-order valence-corrected chi connectivity index (χ4v) is 4.43. The number of nitrogens with one attached hydrogen (secondary N) is 2. The summed E-state index contributed by atoms with van der Waals surface area (Å²) in [5.41, 5.74) is 0.479. The molecule has 1 aliphatic rings. The van der Waals surface area contributed by atoms with Gasteiger partial charge in [0.15, 0.2) is 5.11 Å². The van der Waals surface area contributed by atoms with Crippen molar-refractivity contribution in [2.24, 2.45) is 0 Å². The minimum atomic E-state index is -3.57. The zero-order valence-electron chi connectivity index (χ0n) is 15.0. The average molecular weight is 420 g/mol. The van der Waals surface area contributed by atoms with Crippen LogP contribution in [0.3, 0.4) is 0 Å². The average Bonchev–Trinajstić information content (AvgIpc) is 2.64. The van der Waals surface area contributed by atoms with Crippen molar-refractivity contribution in [1.82, 2.24) is 9.62 Å². The summed E-state index contributed by atoms with van der Waals surface area (Å²) in [6.07, 6.45) is 4.58. The van der Waals surface area contributed by atoms with E-state index >= 15 is 0 Å². The zero-order chi connectivity index (χ0) is 19.0. The van der Waals surface area contributed by atoms with Gasteiger partial charge in [-0.25, -0.2) is 8.42 Å². The topological polar surface area (TPSA) is 70.7 Å². The first-order valence-electron chi connectivity index (χ1n) is 8.87. The number of thiocarbonyl (C=S) groups is 1. The van der Waals surface area contributed by atoms with Gasteiger partial charge in [-0.1, -0.05) is 37.8 Å². The highest BCUT2D eigenvalue weighted by atomic mass is 35.5. The molecule has 1 aromatic carbocycles. The summed E-state index contributed by atoms with van der Waals surface area (Å²) in [6.45, 7) is 4.46. The Labute approximate surface area is 166 Å². The summed E-state index contributed by atoms with van der Waals surface area (Å²) >= 11 is 11.5. The quantitative estimate of drug-likeness (QED) is 0.498. The van der Waals surface area contributed by atoms with Crippen molar-refractivity contribution in [2.75, 3.05) is 38.2 Å². The fourth-order valence-electron chi connectivity index (χ4n) is 2.62. The lowest BCUT2D eigenvalue weighted by Crippen LogP contribution is -2.40. The van der Waals surface area contributed by atoms with Crippen LogP contribution in [-0.4, -0.2) is 50.7 Å². The molecule has 0 aromatic heterocycles. The third-order valence-electron chi connectivity index (χ3n) is 4.11. The third kappa shape index (κ3) is 6.06. The molecule has 6 nitrogen and oxygen atoms in total. The van der Waals surface area contributed by atoms with Crippen LogP contribution in [0.5, 0.6) is 0 Å². The van der Waals surface area contributed by atoms with Crippen LogP contribution in [0.2, 0.25) is 5.02 Å². The van der Waals surface area contributed by atoms with E-state index in [0.717, 1.165) is 19.4 Å². The number of morpholine rings is 1. The van der Waals surface area contributed by atoms with Gasteiger partial charge in [-0.2, -0.15) is 4.31 Å². The van der Waals surface area contributed by atoms with Crippen molar-refractivity contribution in [3.8, 4) is 0 Å². The Morgan fingerprint density at radius 3 is 2.69 bits per heavy atom. The number of nitrogens with zero attached hydrogens (tertiary/aromatic N) is 1. The largest absolute Gasteiger partial charge is 0.379 e. The summed E-state index contributed by atoms with van der Waals surface area (Å²) in [5, 5.41) is 6.97.